The number of nitrogens with one attached hydrogen (secondary N) is 1. The van der Waals surface area contributed by atoms with Gasteiger partial charge in [0.25, 0.3) is 0 Å². The Morgan fingerprint density at radius 2 is 2.11 bits per heavy atom. The zero-order valence-corrected chi connectivity index (χ0v) is 12.7. The number of hydrogen-bond acceptors (Lipinski definition) is 3. The van der Waals surface area contributed by atoms with Crippen LogP contribution >= 0.6 is 0 Å². The van der Waals surface area contributed by atoms with Gasteiger partial charge >= 0.3 is 0 Å². The number of rotatable bonds is 8. The molecule has 0 heterocycles. The van der Waals surface area contributed by atoms with Gasteiger partial charge in [-0.3, -0.25) is 0 Å². The molecule has 18 heavy (non-hydrogen) atoms. The molecule has 1 N–H and O–H groups in total. The van der Waals surface area contributed by atoms with Crippen molar-refractivity contribution >= 4 is 0 Å². The highest BCUT2D eigenvalue weighted by Gasteiger charge is 2.24. The lowest BCUT2D eigenvalue weighted by Gasteiger charge is -2.35. The molecule has 1 aliphatic carbocycles. The molecule has 1 rings (SSSR count). The van der Waals surface area contributed by atoms with Gasteiger partial charge in [-0.05, 0) is 53.1 Å². The number of likely N-dealkylation sites (N-methyl/N-ethyl adjacent to an activating group) is 1. The Morgan fingerprint density at radius 1 is 1.33 bits per heavy atom. The minimum absolute atomic E-state index is 0.351. The van der Waals surface area contributed by atoms with Crippen molar-refractivity contribution in [1.29, 1.82) is 0 Å². The lowest BCUT2D eigenvalue weighted by Crippen LogP contribution is -2.44. The first-order valence-corrected chi connectivity index (χ1v) is 7.68. The molecule has 0 saturated heterocycles. The van der Waals surface area contributed by atoms with E-state index >= 15 is 0 Å². The Balaban J connectivity index is 2.22. The van der Waals surface area contributed by atoms with Crippen LogP contribution in [0.2, 0.25) is 0 Å². The topological polar surface area (TPSA) is 24.5 Å². The molecule has 0 aromatic heterocycles. The third-order valence-electron chi connectivity index (χ3n) is 3.85. The highest BCUT2D eigenvalue weighted by molar-refractivity contribution is 4.82. The maximum atomic E-state index is 5.64. The molecule has 2 atom stereocenters. The van der Waals surface area contributed by atoms with Crippen molar-refractivity contribution < 1.29 is 4.74 Å². The van der Waals surface area contributed by atoms with E-state index in [1.807, 2.05) is 0 Å². The predicted molar refractivity (Wildman–Crippen MR) is 78.1 cm³/mol. The molecule has 3 heteroatoms. The molecule has 108 valence electrons. The Labute approximate surface area is 113 Å². The van der Waals surface area contributed by atoms with Crippen molar-refractivity contribution in [2.24, 2.45) is 0 Å². The van der Waals surface area contributed by atoms with Crippen molar-refractivity contribution in [3.63, 3.8) is 0 Å². The normalized spacial score (nSPS) is 25.0. The number of nitrogens with zero attached hydrogens (tertiary/aromatic N) is 1. The van der Waals surface area contributed by atoms with E-state index in [1.54, 1.807) is 0 Å². The second-order valence-corrected chi connectivity index (χ2v) is 5.87. The lowest BCUT2D eigenvalue weighted by molar-refractivity contribution is 0.0495. The van der Waals surface area contributed by atoms with Crippen LogP contribution in [0.4, 0.5) is 0 Å². The fourth-order valence-electron chi connectivity index (χ4n) is 2.71. The van der Waals surface area contributed by atoms with Gasteiger partial charge in [0.05, 0.1) is 12.7 Å². The first-order valence-electron chi connectivity index (χ1n) is 7.68. The fourth-order valence-corrected chi connectivity index (χ4v) is 2.71. The van der Waals surface area contributed by atoms with Gasteiger partial charge in [0, 0.05) is 18.6 Å². The van der Waals surface area contributed by atoms with Crippen molar-refractivity contribution in [3.8, 4) is 0 Å². The summed E-state index contributed by atoms with van der Waals surface area (Å²) < 4.78 is 5.64. The largest absolute Gasteiger partial charge is 0.377 e. The molecule has 1 aliphatic rings. The fraction of sp³-hybridized carbons (Fsp3) is 1.00. The smallest absolute Gasteiger partial charge is 0.0596 e. The molecular formula is C15H32N2O. The first kappa shape index (κ1) is 15.9. The van der Waals surface area contributed by atoms with E-state index in [9.17, 15) is 0 Å². The minimum Gasteiger partial charge on any atom is -0.377 e. The lowest BCUT2D eigenvalue weighted by atomic mass is 9.90. The third kappa shape index (κ3) is 6.17. The second-order valence-electron chi connectivity index (χ2n) is 5.87. The van der Waals surface area contributed by atoms with Gasteiger partial charge in [-0.15, -0.1) is 0 Å². The monoisotopic (exact) mass is 256 g/mol. The van der Waals surface area contributed by atoms with Crippen LogP contribution in [0.3, 0.4) is 0 Å². The van der Waals surface area contributed by atoms with Gasteiger partial charge < -0.3 is 15.0 Å². The first-order chi connectivity index (χ1) is 8.63. The van der Waals surface area contributed by atoms with Crippen LogP contribution in [0.25, 0.3) is 0 Å². The van der Waals surface area contributed by atoms with E-state index in [4.69, 9.17) is 4.74 Å². The summed E-state index contributed by atoms with van der Waals surface area (Å²) in [6.07, 6.45) is 6.96. The molecule has 1 fully saturated rings. The van der Waals surface area contributed by atoms with Crippen LogP contribution in [-0.4, -0.2) is 49.8 Å². The maximum Gasteiger partial charge on any atom is 0.0596 e. The van der Waals surface area contributed by atoms with Crippen LogP contribution in [-0.2, 0) is 4.74 Å². The Morgan fingerprint density at radius 3 is 2.78 bits per heavy atom. The van der Waals surface area contributed by atoms with E-state index in [2.05, 4.69) is 38.0 Å². The molecule has 0 aromatic rings. The molecule has 0 bridgehead atoms. The molecule has 0 radical (unpaired) electrons. The van der Waals surface area contributed by atoms with Crippen LogP contribution in [0, 0.1) is 0 Å². The summed E-state index contributed by atoms with van der Waals surface area (Å²) in [4.78, 5) is 2.49. The van der Waals surface area contributed by atoms with Crippen molar-refractivity contribution in [1.82, 2.24) is 10.2 Å². The minimum atomic E-state index is 0.351. The average molecular weight is 256 g/mol. The maximum absolute atomic E-state index is 5.64. The van der Waals surface area contributed by atoms with E-state index in [0.29, 0.717) is 6.10 Å². The van der Waals surface area contributed by atoms with Crippen molar-refractivity contribution in [3.05, 3.63) is 0 Å². The molecule has 0 aliphatic heterocycles. The average Bonchev–Trinajstić information content (AvgIpc) is 2.36. The van der Waals surface area contributed by atoms with Gasteiger partial charge in [0.2, 0.25) is 0 Å². The number of ether oxygens (including phenoxy) is 1. The predicted octanol–water partition coefficient (Wildman–Crippen LogP) is 2.65. The van der Waals surface area contributed by atoms with Crippen molar-refractivity contribution in [2.75, 3.05) is 26.7 Å². The van der Waals surface area contributed by atoms with E-state index in [-0.39, 0.29) is 0 Å². The highest BCUT2D eigenvalue weighted by atomic mass is 16.5. The summed E-state index contributed by atoms with van der Waals surface area (Å²) in [7, 11) is 2.25. The summed E-state index contributed by atoms with van der Waals surface area (Å²) in [6.45, 7) is 9.53. The molecular weight excluding hydrogens is 224 g/mol. The molecule has 0 spiro atoms. The van der Waals surface area contributed by atoms with Crippen LogP contribution < -0.4 is 5.32 Å². The Bertz CT molecular complexity index is 209. The van der Waals surface area contributed by atoms with Gasteiger partial charge in [-0.2, -0.15) is 0 Å². The molecule has 0 amide bonds. The summed E-state index contributed by atoms with van der Waals surface area (Å²) in [5.74, 6) is 0. The summed E-state index contributed by atoms with van der Waals surface area (Å²) in [5, 5.41) is 3.67. The number of hydrogen-bond donors (Lipinski definition) is 1. The quantitative estimate of drug-likeness (QED) is 0.722. The van der Waals surface area contributed by atoms with Gasteiger partial charge in [-0.25, -0.2) is 0 Å². The molecule has 0 aromatic carbocycles. The Kier molecular flexibility index (Phi) is 7.87. The SMILES string of the molecule is CCCNC1CCCC(N(C)CCOC(C)C)C1. The second kappa shape index (κ2) is 8.89. The molecule has 2 unspecified atom stereocenters. The zero-order chi connectivity index (χ0) is 13.4. The van der Waals surface area contributed by atoms with E-state index in [1.165, 1.54) is 32.1 Å². The van der Waals surface area contributed by atoms with E-state index in [0.717, 1.165) is 31.8 Å². The summed E-state index contributed by atoms with van der Waals surface area (Å²) >= 11 is 0. The Hall–Kier alpha value is -0.120. The van der Waals surface area contributed by atoms with Crippen molar-refractivity contribution in [2.45, 2.75) is 71.1 Å². The van der Waals surface area contributed by atoms with Gasteiger partial charge in [-0.1, -0.05) is 13.3 Å². The van der Waals surface area contributed by atoms with Crippen LogP contribution in [0.5, 0.6) is 0 Å². The zero-order valence-electron chi connectivity index (χ0n) is 12.7. The van der Waals surface area contributed by atoms with Crippen LogP contribution in [0.15, 0.2) is 0 Å². The molecule has 3 nitrogen and oxygen atoms in total. The van der Waals surface area contributed by atoms with Crippen LogP contribution in [0.1, 0.15) is 52.9 Å². The van der Waals surface area contributed by atoms with E-state index < -0.39 is 0 Å². The van der Waals surface area contributed by atoms with Gasteiger partial charge in [0.1, 0.15) is 0 Å². The standard InChI is InChI=1S/C15H32N2O/c1-5-9-16-14-7-6-8-15(12-14)17(4)10-11-18-13(2)3/h13-16H,5-12H2,1-4H3. The summed E-state index contributed by atoms with van der Waals surface area (Å²) in [5.41, 5.74) is 0. The molecule has 1 saturated carbocycles. The van der Waals surface area contributed by atoms with Gasteiger partial charge in [0.15, 0.2) is 0 Å². The summed E-state index contributed by atoms with van der Waals surface area (Å²) in [6, 6.07) is 1.47. The highest BCUT2D eigenvalue weighted by Crippen LogP contribution is 2.22. The third-order valence-corrected chi connectivity index (χ3v) is 3.85.